The Morgan fingerprint density at radius 2 is 0.892 bits per heavy atom. The first-order chi connectivity index (χ1) is 16.4. The van der Waals surface area contributed by atoms with Crippen molar-refractivity contribution in [3.05, 3.63) is 12.8 Å². The Hall–Kier alpha value is -1.84. The lowest BCUT2D eigenvalue weighted by molar-refractivity contribution is -0.420. The molecule has 17 heteroatoms. The van der Waals surface area contributed by atoms with Gasteiger partial charge in [0, 0.05) is 12.8 Å². The molecule has 1 N–H and O–H groups in total. The molecule has 0 aliphatic carbocycles. The molecule has 0 radical (unpaired) electrons. The van der Waals surface area contributed by atoms with Crippen molar-refractivity contribution in [2.75, 3.05) is 0 Å². The van der Waals surface area contributed by atoms with Crippen molar-refractivity contribution >= 4 is 5.91 Å². The van der Waals surface area contributed by atoms with Crippen LogP contribution in [0, 0.1) is 0 Å². The first-order valence-electron chi connectivity index (χ1n) is 10.7. The second kappa shape index (κ2) is 12.3. The molecule has 0 fully saturated rings. The van der Waals surface area contributed by atoms with Crippen molar-refractivity contribution < 1.29 is 70.7 Å². The van der Waals surface area contributed by atoms with E-state index in [1.54, 1.807) is 0 Å². The molecule has 0 rings (SSSR count). The van der Waals surface area contributed by atoms with Crippen LogP contribution in [-0.2, 0) is 4.79 Å². The van der Waals surface area contributed by atoms with Gasteiger partial charge in [-0.1, -0.05) is 45.1 Å². The van der Waals surface area contributed by atoms with Gasteiger partial charge in [-0.3, -0.25) is 4.79 Å². The highest BCUT2D eigenvalue weighted by molar-refractivity contribution is 5.85. The molecule has 0 atom stereocenters. The number of carbonyl (C=O) groups is 1. The van der Waals surface area contributed by atoms with Gasteiger partial charge < -0.3 is 5.32 Å². The van der Waals surface area contributed by atoms with Crippen molar-refractivity contribution in [1.29, 1.82) is 0 Å². The van der Waals surface area contributed by atoms with Gasteiger partial charge in [0.25, 0.3) is 0 Å². The molecule has 0 aromatic carbocycles. The molecule has 220 valence electrons. The Kier molecular flexibility index (Phi) is 11.7. The van der Waals surface area contributed by atoms with Gasteiger partial charge >= 0.3 is 47.6 Å². The summed E-state index contributed by atoms with van der Waals surface area (Å²) in [5, 5.41) is 0.685. The number of rotatable bonds is 17. The maximum absolute atomic E-state index is 13.8. The third-order valence-corrected chi connectivity index (χ3v) is 5.26. The van der Waals surface area contributed by atoms with Crippen LogP contribution < -0.4 is 5.32 Å². The molecule has 0 aliphatic heterocycles. The summed E-state index contributed by atoms with van der Waals surface area (Å²) in [7, 11) is 0. The standard InChI is InChI=1S/C20H24F15NO/c1-2-36-13(37)16(26,27)18(30,31)20(34,35)19(32,33)17(28,29)14(21,22)11-9-7-5-3-4-6-8-10-12-15(23,24)25/h2H,1,3-12H2,(H,36,37). The molecule has 0 unspecified atom stereocenters. The maximum atomic E-state index is 13.8. The number of nitrogens with one attached hydrogen (secondary N) is 1. The quantitative estimate of drug-likeness (QED) is 0.136. The Labute approximate surface area is 201 Å². The van der Waals surface area contributed by atoms with E-state index < -0.39 is 66.9 Å². The van der Waals surface area contributed by atoms with E-state index >= 15 is 0 Å². The fraction of sp³-hybridized carbons (Fsp3) is 0.850. The van der Waals surface area contributed by atoms with Gasteiger partial charge in [0.15, 0.2) is 0 Å². The van der Waals surface area contributed by atoms with Crippen LogP contribution in [0.3, 0.4) is 0 Å². The molecular formula is C20H24F15NO. The van der Waals surface area contributed by atoms with Crippen molar-refractivity contribution in [3.63, 3.8) is 0 Å². The highest BCUT2D eigenvalue weighted by Gasteiger charge is 2.90. The number of hydrogen-bond donors (Lipinski definition) is 1. The molecule has 1 amide bonds. The van der Waals surface area contributed by atoms with E-state index in [4.69, 9.17) is 0 Å². The van der Waals surface area contributed by atoms with E-state index in [0.717, 1.165) is 0 Å². The second-order valence-electron chi connectivity index (χ2n) is 8.20. The lowest BCUT2D eigenvalue weighted by Gasteiger charge is -2.40. The molecule has 0 saturated carbocycles. The van der Waals surface area contributed by atoms with E-state index in [1.165, 1.54) is 0 Å². The molecule has 0 heterocycles. The monoisotopic (exact) mass is 579 g/mol. The van der Waals surface area contributed by atoms with Crippen LogP contribution in [0.15, 0.2) is 12.8 Å². The molecule has 0 aromatic heterocycles. The van der Waals surface area contributed by atoms with Crippen LogP contribution in [0.5, 0.6) is 0 Å². The number of carbonyl (C=O) groups excluding carboxylic acids is 1. The van der Waals surface area contributed by atoms with Gasteiger partial charge in [-0.2, -0.15) is 65.9 Å². The number of amides is 1. The highest BCUT2D eigenvalue weighted by atomic mass is 19.4. The molecule has 0 bridgehead atoms. The van der Waals surface area contributed by atoms with Crippen LogP contribution in [-0.4, -0.2) is 47.6 Å². The zero-order valence-electron chi connectivity index (χ0n) is 18.9. The topological polar surface area (TPSA) is 29.1 Å². The summed E-state index contributed by atoms with van der Waals surface area (Å²) in [6, 6.07) is 0. The van der Waals surface area contributed by atoms with Crippen molar-refractivity contribution in [2.24, 2.45) is 0 Å². The van der Waals surface area contributed by atoms with Crippen LogP contribution in [0.1, 0.15) is 64.2 Å². The number of alkyl halides is 15. The van der Waals surface area contributed by atoms with Gasteiger partial charge in [-0.05, 0) is 19.0 Å². The Morgan fingerprint density at radius 3 is 1.27 bits per heavy atom. The fourth-order valence-corrected chi connectivity index (χ4v) is 3.04. The van der Waals surface area contributed by atoms with Crippen LogP contribution in [0.25, 0.3) is 0 Å². The minimum absolute atomic E-state index is 0.0101. The zero-order valence-corrected chi connectivity index (χ0v) is 18.9. The first-order valence-corrected chi connectivity index (χ1v) is 10.7. The predicted octanol–water partition coefficient (Wildman–Crippen LogP) is 8.52. The molecule has 0 aliphatic rings. The minimum atomic E-state index is -7.83. The highest BCUT2D eigenvalue weighted by Crippen LogP contribution is 2.60. The average Bonchev–Trinajstić information content (AvgIpc) is 2.73. The van der Waals surface area contributed by atoms with Crippen molar-refractivity contribution in [3.8, 4) is 0 Å². The van der Waals surface area contributed by atoms with Gasteiger partial charge in [-0.25, -0.2) is 0 Å². The molecule has 0 saturated heterocycles. The van der Waals surface area contributed by atoms with E-state index in [1.807, 2.05) is 0 Å². The first kappa shape index (κ1) is 35.2. The molecule has 37 heavy (non-hydrogen) atoms. The summed E-state index contributed by atoms with van der Waals surface area (Å²) in [4.78, 5) is 10.9. The summed E-state index contributed by atoms with van der Waals surface area (Å²) < 4.78 is 200. The molecule has 0 spiro atoms. The van der Waals surface area contributed by atoms with Crippen LogP contribution >= 0.6 is 0 Å². The van der Waals surface area contributed by atoms with Gasteiger partial charge in [0.1, 0.15) is 0 Å². The lowest BCUT2D eigenvalue weighted by Crippen LogP contribution is -2.72. The second-order valence-corrected chi connectivity index (χ2v) is 8.20. The molecule has 2 nitrogen and oxygen atoms in total. The Bertz CT molecular complexity index is 747. The molecule has 0 aromatic rings. The van der Waals surface area contributed by atoms with Crippen LogP contribution in [0.4, 0.5) is 65.9 Å². The summed E-state index contributed by atoms with van der Waals surface area (Å²) in [5.41, 5.74) is 0. The predicted molar refractivity (Wildman–Crippen MR) is 100 cm³/mol. The van der Waals surface area contributed by atoms with Gasteiger partial charge in [-0.15, -0.1) is 0 Å². The summed E-state index contributed by atoms with van der Waals surface area (Å²) in [5.74, 6) is -46.5. The van der Waals surface area contributed by atoms with Crippen molar-refractivity contribution in [2.45, 2.75) is 106 Å². The lowest BCUT2D eigenvalue weighted by atomic mass is 9.89. The molecular weight excluding hydrogens is 555 g/mol. The smallest absolute Gasteiger partial charge is 0.328 e. The number of hydrogen-bond acceptors (Lipinski definition) is 1. The summed E-state index contributed by atoms with van der Waals surface area (Å²) in [6.45, 7) is 2.55. The summed E-state index contributed by atoms with van der Waals surface area (Å²) >= 11 is 0. The van der Waals surface area contributed by atoms with Gasteiger partial charge in [0.05, 0.1) is 0 Å². The normalized spacial score (nSPS) is 14.6. The van der Waals surface area contributed by atoms with Crippen LogP contribution in [0.2, 0.25) is 0 Å². The fourth-order valence-electron chi connectivity index (χ4n) is 3.04. The van der Waals surface area contributed by atoms with E-state index in [2.05, 4.69) is 6.58 Å². The Morgan fingerprint density at radius 1 is 0.541 bits per heavy atom. The number of halogens is 15. The van der Waals surface area contributed by atoms with Gasteiger partial charge in [0.2, 0.25) is 0 Å². The van der Waals surface area contributed by atoms with E-state index in [-0.39, 0.29) is 38.3 Å². The number of unbranched alkanes of at least 4 members (excludes halogenated alkanes) is 7. The zero-order chi connectivity index (χ0) is 29.6. The van der Waals surface area contributed by atoms with E-state index in [0.29, 0.717) is 18.2 Å². The largest absolute Gasteiger partial charge is 0.393 e. The third-order valence-electron chi connectivity index (χ3n) is 5.26. The van der Waals surface area contributed by atoms with Crippen molar-refractivity contribution in [1.82, 2.24) is 5.32 Å². The third kappa shape index (κ3) is 7.83. The maximum Gasteiger partial charge on any atom is 0.393 e. The van der Waals surface area contributed by atoms with E-state index in [9.17, 15) is 70.7 Å². The summed E-state index contributed by atoms with van der Waals surface area (Å²) in [6.07, 6.45) is -8.05. The SMILES string of the molecule is C=CNC(=O)C(F)(F)C(F)(F)C(F)(F)C(F)(F)C(F)(F)C(F)(F)CCCCCCCCCCC(F)(F)F. The Balaban J connectivity index is 5.18. The minimum Gasteiger partial charge on any atom is -0.328 e. The average molecular weight is 579 g/mol.